The van der Waals surface area contributed by atoms with Crippen LogP contribution in [0.1, 0.15) is 10.4 Å². The summed E-state index contributed by atoms with van der Waals surface area (Å²) >= 11 is 15.0. The van der Waals surface area contributed by atoms with E-state index in [9.17, 15) is 0 Å². The molecule has 0 aliphatic carbocycles. The second-order valence-electron chi connectivity index (χ2n) is 3.05. The number of hydrogen-bond donors (Lipinski definition) is 0. The monoisotopic (exact) mass is 288 g/mol. The quantitative estimate of drug-likeness (QED) is 0.642. The molecule has 0 aromatic heterocycles. The van der Waals surface area contributed by atoms with Crippen molar-refractivity contribution in [2.45, 2.75) is 4.84 Å². The van der Waals surface area contributed by atoms with Gasteiger partial charge in [-0.2, -0.15) is 0 Å². The summed E-state index contributed by atoms with van der Waals surface area (Å²) in [7, 11) is 0. The Morgan fingerprint density at radius 3 is 2.29 bits per heavy atom. The summed E-state index contributed by atoms with van der Waals surface area (Å²) in [5.74, 6) is 0. The minimum Gasteiger partial charge on any atom is -0.100 e. The zero-order valence-electron chi connectivity index (χ0n) is 7.18. The minimum atomic E-state index is -0.456. The van der Waals surface area contributed by atoms with Crippen LogP contribution < -0.4 is 0 Å². The third-order valence-corrected chi connectivity index (χ3v) is 3.08. The highest BCUT2D eigenvalue weighted by atomic mass is 79.9. The fourth-order valence-electron chi connectivity index (χ4n) is 1.37. The highest BCUT2D eigenvalue weighted by Crippen LogP contribution is 2.28. The fraction of sp³-hybridized carbons (Fsp3) is 0.0909. The van der Waals surface area contributed by atoms with Crippen LogP contribution in [0.5, 0.6) is 0 Å². The van der Waals surface area contributed by atoms with E-state index in [0.29, 0.717) is 0 Å². The summed E-state index contributed by atoms with van der Waals surface area (Å²) in [6, 6.07) is 12.1. The van der Waals surface area contributed by atoms with E-state index in [1.165, 1.54) is 5.39 Å². The van der Waals surface area contributed by atoms with E-state index in [1.54, 1.807) is 0 Å². The number of benzene rings is 2. The van der Waals surface area contributed by atoms with E-state index in [-0.39, 0.29) is 0 Å². The van der Waals surface area contributed by atoms with Gasteiger partial charge in [-0.1, -0.05) is 34.1 Å². The molecule has 0 fully saturated rings. The molecule has 0 heterocycles. The van der Waals surface area contributed by atoms with Crippen molar-refractivity contribution in [2.24, 2.45) is 0 Å². The molecule has 0 unspecified atom stereocenters. The number of hydrogen-bond acceptors (Lipinski definition) is 0. The van der Waals surface area contributed by atoms with Gasteiger partial charge in [0, 0.05) is 4.47 Å². The largest absolute Gasteiger partial charge is 0.132 e. The van der Waals surface area contributed by atoms with Crippen LogP contribution in [0.4, 0.5) is 0 Å². The average Bonchev–Trinajstić information content (AvgIpc) is 2.16. The lowest BCUT2D eigenvalue weighted by molar-refractivity contribution is 1.37. The molecule has 0 saturated heterocycles. The Labute approximate surface area is 101 Å². The summed E-state index contributed by atoms with van der Waals surface area (Å²) in [6.45, 7) is 0. The summed E-state index contributed by atoms with van der Waals surface area (Å²) in [5.41, 5.74) is 0.933. The highest BCUT2D eigenvalue weighted by molar-refractivity contribution is 9.10. The molecular weight excluding hydrogens is 283 g/mol. The summed E-state index contributed by atoms with van der Waals surface area (Å²) < 4.78 is 1.08. The number of fused-ring (bicyclic) bond motifs is 1. The van der Waals surface area contributed by atoms with Gasteiger partial charge in [-0.25, -0.2) is 0 Å². The van der Waals surface area contributed by atoms with Crippen molar-refractivity contribution in [1.82, 2.24) is 0 Å². The standard InChI is InChI=1S/C11H7BrCl2/c12-10-4-3-7-5-9(11(13)14)2-1-8(7)6-10/h1-6,11H. The first kappa shape index (κ1) is 10.3. The average molecular weight is 290 g/mol. The van der Waals surface area contributed by atoms with Crippen molar-refractivity contribution in [3.63, 3.8) is 0 Å². The molecule has 0 nitrogen and oxygen atoms in total. The summed E-state index contributed by atoms with van der Waals surface area (Å²) in [5, 5.41) is 2.33. The predicted octanol–water partition coefficient (Wildman–Crippen LogP) is 5.08. The first-order chi connectivity index (χ1) is 6.66. The van der Waals surface area contributed by atoms with Crippen LogP contribution in [-0.4, -0.2) is 0 Å². The zero-order valence-corrected chi connectivity index (χ0v) is 10.3. The van der Waals surface area contributed by atoms with Gasteiger partial charge in [-0.05, 0) is 34.5 Å². The van der Waals surface area contributed by atoms with Gasteiger partial charge in [0.1, 0.15) is 4.84 Å². The van der Waals surface area contributed by atoms with Gasteiger partial charge in [-0.3, -0.25) is 0 Å². The number of alkyl halides is 2. The Hall–Kier alpha value is -0.240. The molecule has 0 aliphatic heterocycles. The van der Waals surface area contributed by atoms with Crippen molar-refractivity contribution in [1.29, 1.82) is 0 Å². The third-order valence-electron chi connectivity index (χ3n) is 2.08. The topological polar surface area (TPSA) is 0 Å². The van der Waals surface area contributed by atoms with Crippen LogP contribution in [0, 0.1) is 0 Å². The molecule has 3 heteroatoms. The molecule has 14 heavy (non-hydrogen) atoms. The Bertz CT molecular complexity index is 466. The van der Waals surface area contributed by atoms with Crippen molar-refractivity contribution in [3.8, 4) is 0 Å². The second kappa shape index (κ2) is 4.09. The van der Waals surface area contributed by atoms with Crippen LogP contribution in [0.15, 0.2) is 40.9 Å². The normalized spacial score (nSPS) is 11.1. The molecule has 2 aromatic rings. The van der Waals surface area contributed by atoms with Gasteiger partial charge in [0.25, 0.3) is 0 Å². The summed E-state index contributed by atoms with van der Waals surface area (Å²) in [4.78, 5) is -0.456. The maximum absolute atomic E-state index is 5.79. The smallest absolute Gasteiger partial charge is 0.100 e. The van der Waals surface area contributed by atoms with Crippen molar-refractivity contribution < 1.29 is 0 Å². The molecule has 0 amide bonds. The third kappa shape index (κ3) is 2.05. The van der Waals surface area contributed by atoms with E-state index < -0.39 is 4.84 Å². The van der Waals surface area contributed by atoms with Crippen LogP contribution in [0.25, 0.3) is 10.8 Å². The molecule has 0 saturated carbocycles. The second-order valence-corrected chi connectivity index (χ2v) is 5.06. The summed E-state index contributed by atoms with van der Waals surface area (Å²) in [6.07, 6.45) is 0. The van der Waals surface area contributed by atoms with Gasteiger partial charge in [0.2, 0.25) is 0 Å². The van der Waals surface area contributed by atoms with Crippen LogP contribution >= 0.6 is 39.1 Å². The van der Waals surface area contributed by atoms with Crippen molar-refractivity contribution >= 4 is 49.9 Å². The molecule has 0 spiro atoms. The minimum absolute atomic E-state index is 0.456. The van der Waals surface area contributed by atoms with Gasteiger partial charge < -0.3 is 0 Å². The van der Waals surface area contributed by atoms with Crippen LogP contribution in [0.2, 0.25) is 0 Å². The maximum Gasteiger partial charge on any atom is 0.132 e. The van der Waals surface area contributed by atoms with E-state index in [4.69, 9.17) is 23.2 Å². The van der Waals surface area contributed by atoms with Gasteiger partial charge >= 0.3 is 0 Å². The predicted molar refractivity (Wildman–Crippen MR) is 66.1 cm³/mol. The molecule has 72 valence electrons. The zero-order chi connectivity index (χ0) is 10.1. The van der Waals surface area contributed by atoms with E-state index in [2.05, 4.69) is 22.0 Å². The Morgan fingerprint density at radius 1 is 0.929 bits per heavy atom. The Kier molecular flexibility index (Phi) is 3.01. The van der Waals surface area contributed by atoms with Gasteiger partial charge in [0.05, 0.1) is 0 Å². The van der Waals surface area contributed by atoms with Gasteiger partial charge in [-0.15, -0.1) is 23.2 Å². The number of rotatable bonds is 1. The first-order valence-corrected chi connectivity index (χ1v) is 5.81. The van der Waals surface area contributed by atoms with E-state index in [0.717, 1.165) is 15.4 Å². The van der Waals surface area contributed by atoms with Gasteiger partial charge in [0.15, 0.2) is 0 Å². The first-order valence-electron chi connectivity index (χ1n) is 4.14. The highest BCUT2D eigenvalue weighted by Gasteiger charge is 2.03. The molecule has 0 bridgehead atoms. The fourth-order valence-corrected chi connectivity index (χ4v) is 2.02. The molecular formula is C11H7BrCl2. The maximum atomic E-state index is 5.79. The van der Waals surface area contributed by atoms with Crippen LogP contribution in [-0.2, 0) is 0 Å². The Morgan fingerprint density at radius 2 is 1.57 bits per heavy atom. The van der Waals surface area contributed by atoms with Crippen molar-refractivity contribution in [3.05, 3.63) is 46.4 Å². The molecule has 0 radical (unpaired) electrons. The molecule has 0 aliphatic rings. The van der Waals surface area contributed by atoms with Crippen LogP contribution in [0.3, 0.4) is 0 Å². The van der Waals surface area contributed by atoms with E-state index >= 15 is 0 Å². The molecule has 2 rings (SSSR count). The lowest BCUT2D eigenvalue weighted by Crippen LogP contribution is -1.81. The lowest BCUT2D eigenvalue weighted by atomic mass is 10.1. The molecule has 2 aromatic carbocycles. The van der Waals surface area contributed by atoms with E-state index in [1.807, 2.05) is 30.3 Å². The lowest BCUT2D eigenvalue weighted by Gasteiger charge is -2.04. The SMILES string of the molecule is ClC(Cl)c1ccc2cc(Br)ccc2c1. The molecule has 0 atom stereocenters. The van der Waals surface area contributed by atoms with Crippen molar-refractivity contribution in [2.75, 3.05) is 0 Å². The number of halogens is 3. The molecule has 0 N–H and O–H groups in total. The Balaban J connectivity index is 2.62.